The van der Waals surface area contributed by atoms with Crippen molar-refractivity contribution in [2.45, 2.75) is 19.0 Å². The Morgan fingerprint density at radius 2 is 2.35 bits per heavy atom. The van der Waals surface area contributed by atoms with E-state index >= 15 is 0 Å². The number of thioether (sulfide) groups is 1. The van der Waals surface area contributed by atoms with Gasteiger partial charge in [-0.2, -0.15) is 11.8 Å². The van der Waals surface area contributed by atoms with E-state index in [0.717, 1.165) is 23.6 Å². The molecule has 1 aromatic rings. The van der Waals surface area contributed by atoms with Crippen molar-refractivity contribution >= 4 is 30.1 Å². The Kier molecular flexibility index (Phi) is 7.34. The maximum absolute atomic E-state index is 13.1. The van der Waals surface area contributed by atoms with Gasteiger partial charge in [0, 0.05) is 44.1 Å². The van der Waals surface area contributed by atoms with Crippen LogP contribution < -0.4 is 5.32 Å². The third-order valence-electron chi connectivity index (χ3n) is 3.15. The molecule has 1 amide bonds. The number of carbonyl (C=O) groups is 1. The molecule has 1 N–H and O–H groups in total. The molecule has 1 fully saturated rings. The van der Waals surface area contributed by atoms with E-state index in [-0.39, 0.29) is 30.2 Å². The Morgan fingerprint density at radius 1 is 1.55 bits per heavy atom. The zero-order chi connectivity index (χ0) is 13.7. The van der Waals surface area contributed by atoms with Gasteiger partial charge in [-0.1, -0.05) is 12.1 Å². The van der Waals surface area contributed by atoms with Gasteiger partial charge in [0.05, 0.1) is 0 Å². The molecule has 3 nitrogen and oxygen atoms in total. The van der Waals surface area contributed by atoms with E-state index in [1.54, 1.807) is 18.0 Å². The standard InChI is InChI=1S/C14H19FN2OS.ClH/c1-17(9-11-3-2-4-12(15)7-11)14(18)8-13-10-19-6-5-16-13;/h2-4,7,13,16H,5-6,8-10H2,1H3;1H. The van der Waals surface area contributed by atoms with Gasteiger partial charge >= 0.3 is 0 Å². The lowest BCUT2D eigenvalue weighted by atomic mass is 10.1. The van der Waals surface area contributed by atoms with Crippen molar-refractivity contribution in [3.05, 3.63) is 35.6 Å². The van der Waals surface area contributed by atoms with Gasteiger partial charge in [0.2, 0.25) is 5.91 Å². The molecule has 112 valence electrons. The van der Waals surface area contributed by atoms with Crippen LogP contribution in [-0.2, 0) is 11.3 Å². The second-order valence-electron chi connectivity index (χ2n) is 4.81. The van der Waals surface area contributed by atoms with Crippen molar-refractivity contribution in [3.63, 3.8) is 0 Å². The number of hydrogen-bond acceptors (Lipinski definition) is 3. The van der Waals surface area contributed by atoms with E-state index in [0.29, 0.717) is 13.0 Å². The highest BCUT2D eigenvalue weighted by Crippen LogP contribution is 2.12. The predicted molar refractivity (Wildman–Crippen MR) is 83.9 cm³/mol. The fourth-order valence-electron chi connectivity index (χ4n) is 2.11. The van der Waals surface area contributed by atoms with Crippen molar-refractivity contribution in [3.8, 4) is 0 Å². The Labute approximate surface area is 129 Å². The fraction of sp³-hybridized carbons (Fsp3) is 0.500. The first-order chi connectivity index (χ1) is 9.15. The van der Waals surface area contributed by atoms with Gasteiger partial charge in [0.1, 0.15) is 5.82 Å². The first-order valence-electron chi connectivity index (χ1n) is 6.44. The summed E-state index contributed by atoms with van der Waals surface area (Å²) >= 11 is 1.88. The molecule has 2 rings (SSSR count). The summed E-state index contributed by atoms with van der Waals surface area (Å²) in [4.78, 5) is 13.7. The van der Waals surface area contributed by atoms with Crippen LogP contribution in [0.3, 0.4) is 0 Å². The zero-order valence-corrected chi connectivity index (χ0v) is 13.1. The lowest BCUT2D eigenvalue weighted by Crippen LogP contribution is -2.41. The molecule has 1 heterocycles. The topological polar surface area (TPSA) is 32.3 Å². The lowest BCUT2D eigenvalue weighted by molar-refractivity contribution is -0.130. The number of benzene rings is 1. The Balaban J connectivity index is 0.00000200. The van der Waals surface area contributed by atoms with Crippen LogP contribution in [0.1, 0.15) is 12.0 Å². The Hall–Kier alpha value is -0.780. The summed E-state index contributed by atoms with van der Waals surface area (Å²) < 4.78 is 13.1. The van der Waals surface area contributed by atoms with Crippen molar-refractivity contribution in [1.29, 1.82) is 0 Å². The highest BCUT2D eigenvalue weighted by atomic mass is 35.5. The second kappa shape index (κ2) is 8.49. The van der Waals surface area contributed by atoms with Gasteiger partial charge < -0.3 is 10.2 Å². The van der Waals surface area contributed by atoms with Crippen molar-refractivity contribution in [1.82, 2.24) is 10.2 Å². The molecular formula is C14H20ClFN2OS. The molecule has 1 saturated heterocycles. The monoisotopic (exact) mass is 318 g/mol. The van der Waals surface area contributed by atoms with Crippen LogP contribution in [0.5, 0.6) is 0 Å². The summed E-state index contributed by atoms with van der Waals surface area (Å²) in [6, 6.07) is 6.65. The van der Waals surface area contributed by atoms with Crippen LogP contribution >= 0.6 is 24.2 Å². The minimum Gasteiger partial charge on any atom is -0.341 e. The van der Waals surface area contributed by atoms with Gasteiger partial charge in [0.15, 0.2) is 0 Å². The number of nitrogens with zero attached hydrogens (tertiary/aromatic N) is 1. The van der Waals surface area contributed by atoms with Gasteiger partial charge in [-0.05, 0) is 17.7 Å². The molecule has 1 atom stereocenters. The number of hydrogen-bond donors (Lipinski definition) is 1. The van der Waals surface area contributed by atoms with E-state index in [1.165, 1.54) is 12.1 Å². The van der Waals surface area contributed by atoms with E-state index in [4.69, 9.17) is 0 Å². The van der Waals surface area contributed by atoms with Crippen LogP contribution in [0, 0.1) is 5.82 Å². The first kappa shape index (κ1) is 17.3. The summed E-state index contributed by atoms with van der Waals surface area (Å²) in [5.41, 5.74) is 0.821. The van der Waals surface area contributed by atoms with E-state index < -0.39 is 0 Å². The summed E-state index contributed by atoms with van der Waals surface area (Å²) in [5.74, 6) is 1.94. The van der Waals surface area contributed by atoms with Crippen LogP contribution in [0.15, 0.2) is 24.3 Å². The van der Waals surface area contributed by atoms with E-state index in [9.17, 15) is 9.18 Å². The second-order valence-corrected chi connectivity index (χ2v) is 5.96. The predicted octanol–water partition coefficient (Wildman–Crippen LogP) is 2.30. The van der Waals surface area contributed by atoms with Gasteiger partial charge in [-0.3, -0.25) is 4.79 Å². The zero-order valence-electron chi connectivity index (χ0n) is 11.5. The molecule has 0 aromatic heterocycles. The molecule has 6 heteroatoms. The molecule has 1 aliphatic heterocycles. The van der Waals surface area contributed by atoms with Gasteiger partial charge in [-0.15, -0.1) is 12.4 Å². The number of carbonyl (C=O) groups excluding carboxylic acids is 1. The Morgan fingerprint density at radius 3 is 3.00 bits per heavy atom. The largest absolute Gasteiger partial charge is 0.341 e. The molecule has 0 saturated carbocycles. The molecular weight excluding hydrogens is 299 g/mol. The van der Waals surface area contributed by atoms with Crippen molar-refractivity contribution in [2.75, 3.05) is 25.1 Å². The highest BCUT2D eigenvalue weighted by molar-refractivity contribution is 7.99. The summed E-state index contributed by atoms with van der Waals surface area (Å²) in [5, 5.41) is 3.35. The van der Waals surface area contributed by atoms with E-state index in [1.807, 2.05) is 17.8 Å². The van der Waals surface area contributed by atoms with Crippen molar-refractivity contribution in [2.24, 2.45) is 0 Å². The van der Waals surface area contributed by atoms with Crippen molar-refractivity contribution < 1.29 is 9.18 Å². The first-order valence-corrected chi connectivity index (χ1v) is 7.60. The summed E-state index contributed by atoms with van der Waals surface area (Å²) in [6.07, 6.45) is 0.513. The number of amides is 1. The average molecular weight is 319 g/mol. The number of halogens is 2. The van der Waals surface area contributed by atoms with Crippen LogP contribution in [0.2, 0.25) is 0 Å². The molecule has 1 aliphatic rings. The molecule has 0 aliphatic carbocycles. The van der Waals surface area contributed by atoms with E-state index in [2.05, 4.69) is 5.32 Å². The van der Waals surface area contributed by atoms with Crippen LogP contribution in [0.25, 0.3) is 0 Å². The third kappa shape index (κ3) is 5.31. The Bertz CT molecular complexity index is 441. The summed E-state index contributed by atoms with van der Waals surface area (Å²) in [7, 11) is 1.77. The fourth-order valence-corrected chi connectivity index (χ4v) is 3.06. The average Bonchev–Trinajstić information content (AvgIpc) is 2.40. The van der Waals surface area contributed by atoms with Gasteiger partial charge in [0.25, 0.3) is 0 Å². The highest BCUT2D eigenvalue weighted by Gasteiger charge is 2.19. The number of rotatable bonds is 4. The van der Waals surface area contributed by atoms with Gasteiger partial charge in [-0.25, -0.2) is 4.39 Å². The van der Waals surface area contributed by atoms with Crippen LogP contribution in [-0.4, -0.2) is 41.9 Å². The lowest BCUT2D eigenvalue weighted by Gasteiger charge is -2.25. The normalized spacial score (nSPS) is 18.2. The molecule has 0 spiro atoms. The summed E-state index contributed by atoms with van der Waals surface area (Å²) in [6.45, 7) is 1.42. The molecule has 0 bridgehead atoms. The van der Waals surface area contributed by atoms with Crippen LogP contribution in [0.4, 0.5) is 4.39 Å². The quantitative estimate of drug-likeness (QED) is 0.924. The molecule has 1 aromatic carbocycles. The maximum Gasteiger partial charge on any atom is 0.224 e. The molecule has 20 heavy (non-hydrogen) atoms. The minimum absolute atomic E-state index is 0. The SMILES string of the molecule is CN(Cc1cccc(F)c1)C(=O)CC1CSCCN1.Cl. The third-order valence-corrected chi connectivity index (χ3v) is 4.28. The maximum atomic E-state index is 13.1. The minimum atomic E-state index is -0.260. The smallest absolute Gasteiger partial charge is 0.224 e. The molecule has 1 unspecified atom stereocenters. The molecule has 0 radical (unpaired) electrons. The number of nitrogens with one attached hydrogen (secondary N) is 1.